The minimum absolute atomic E-state index is 0.0545. The number of amides is 1. The van der Waals surface area contributed by atoms with Crippen molar-refractivity contribution >= 4 is 11.4 Å². The summed E-state index contributed by atoms with van der Waals surface area (Å²) >= 11 is 0. The summed E-state index contributed by atoms with van der Waals surface area (Å²) in [6.45, 7) is 2.86. The van der Waals surface area contributed by atoms with Gasteiger partial charge in [-0.1, -0.05) is 6.07 Å². The average molecular weight is 259 g/mol. The molecule has 5 nitrogen and oxygen atoms in total. The van der Waals surface area contributed by atoms with Crippen LogP contribution in [0.15, 0.2) is 30.6 Å². The number of pyridine rings is 1. The number of fused-ring (bicyclic) bond motifs is 1. The van der Waals surface area contributed by atoms with Crippen molar-refractivity contribution in [1.29, 1.82) is 0 Å². The summed E-state index contributed by atoms with van der Waals surface area (Å²) in [5.74, 6) is -0.0545. The Hall–Kier alpha value is -1.88. The summed E-state index contributed by atoms with van der Waals surface area (Å²) in [7, 11) is 0. The zero-order valence-corrected chi connectivity index (χ0v) is 10.9. The molecule has 0 aromatic carbocycles. The van der Waals surface area contributed by atoms with Crippen LogP contribution < -0.4 is 0 Å². The molecule has 100 valence electrons. The summed E-state index contributed by atoms with van der Waals surface area (Å²) in [6, 6.07) is 5.64. The molecule has 3 heterocycles. The molecule has 0 bridgehead atoms. The topological polar surface area (TPSA) is 57.8 Å². The van der Waals surface area contributed by atoms with E-state index in [-0.39, 0.29) is 5.91 Å². The van der Waals surface area contributed by atoms with Gasteiger partial charge in [-0.25, -0.2) is 4.52 Å². The Morgan fingerprint density at radius 2 is 2.32 bits per heavy atom. The van der Waals surface area contributed by atoms with Crippen molar-refractivity contribution in [2.75, 3.05) is 13.1 Å². The van der Waals surface area contributed by atoms with Crippen molar-refractivity contribution in [1.82, 2.24) is 14.5 Å². The standard InChI is InChI=1S/C14H17N3O2/c1-14(19)6-4-7-16(10-14)13(18)11-9-15-17-8-3-2-5-12(11)17/h2-3,5,8-9,19H,4,6-7,10H2,1H3. The molecule has 1 fully saturated rings. The number of carbonyl (C=O) groups excluding carboxylic acids is 1. The number of carbonyl (C=O) groups is 1. The minimum Gasteiger partial charge on any atom is -0.388 e. The molecule has 19 heavy (non-hydrogen) atoms. The Morgan fingerprint density at radius 3 is 3.11 bits per heavy atom. The minimum atomic E-state index is -0.781. The predicted molar refractivity (Wildman–Crippen MR) is 71.0 cm³/mol. The van der Waals surface area contributed by atoms with Gasteiger partial charge in [0.1, 0.15) is 0 Å². The predicted octanol–water partition coefficient (Wildman–Crippen LogP) is 1.32. The van der Waals surface area contributed by atoms with Gasteiger partial charge in [0, 0.05) is 19.3 Å². The zero-order chi connectivity index (χ0) is 13.5. The Labute approximate surface area is 111 Å². The number of nitrogens with zero attached hydrogens (tertiary/aromatic N) is 3. The molecule has 1 unspecified atom stereocenters. The molecule has 1 saturated heterocycles. The van der Waals surface area contributed by atoms with Crippen molar-refractivity contribution < 1.29 is 9.90 Å². The van der Waals surface area contributed by atoms with Gasteiger partial charge in [-0.15, -0.1) is 0 Å². The third kappa shape index (κ3) is 2.21. The third-order valence-electron chi connectivity index (χ3n) is 3.62. The molecule has 0 spiro atoms. The van der Waals surface area contributed by atoms with Gasteiger partial charge in [0.25, 0.3) is 5.91 Å². The molecule has 0 aliphatic carbocycles. The summed E-state index contributed by atoms with van der Waals surface area (Å²) in [4.78, 5) is 14.2. The lowest BCUT2D eigenvalue weighted by Gasteiger charge is -2.36. The second-order valence-corrected chi connectivity index (χ2v) is 5.42. The summed E-state index contributed by atoms with van der Waals surface area (Å²) < 4.78 is 1.69. The number of β-amino-alcohol motifs (C(OH)–C–C–N with tert-alkyl or cyclic N) is 1. The lowest BCUT2D eigenvalue weighted by atomic mass is 9.95. The van der Waals surface area contributed by atoms with E-state index < -0.39 is 5.60 Å². The fourth-order valence-corrected chi connectivity index (χ4v) is 2.66. The van der Waals surface area contributed by atoms with Crippen LogP contribution >= 0.6 is 0 Å². The van der Waals surface area contributed by atoms with Crippen molar-refractivity contribution in [2.45, 2.75) is 25.4 Å². The average Bonchev–Trinajstić information content (AvgIpc) is 2.80. The largest absolute Gasteiger partial charge is 0.388 e. The summed E-state index contributed by atoms with van der Waals surface area (Å²) in [5.41, 5.74) is 0.618. The quantitative estimate of drug-likeness (QED) is 0.840. The molecule has 0 radical (unpaired) electrons. The second-order valence-electron chi connectivity index (χ2n) is 5.42. The lowest BCUT2D eigenvalue weighted by molar-refractivity contribution is -0.0106. The molecule has 2 aromatic rings. The van der Waals surface area contributed by atoms with Gasteiger partial charge >= 0.3 is 0 Å². The van der Waals surface area contributed by atoms with E-state index in [0.29, 0.717) is 18.7 Å². The maximum absolute atomic E-state index is 12.5. The van der Waals surface area contributed by atoms with Crippen LogP contribution in [0.2, 0.25) is 0 Å². The van der Waals surface area contributed by atoms with Crippen LogP contribution in [-0.4, -0.2) is 44.2 Å². The van der Waals surface area contributed by atoms with E-state index in [0.717, 1.165) is 18.4 Å². The molecule has 3 rings (SSSR count). The first kappa shape index (κ1) is 12.2. The van der Waals surface area contributed by atoms with E-state index in [1.165, 1.54) is 0 Å². The molecule has 2 aromatic heterocycles. The normalized spacial score (nSPS) is 23.8. The number of rotatable bonds is 1. The van der Waals surface area contributed by atoms with E-state index in [1.54, 1.807) is 22.5 Å². The SMILES string of the molecule is CC1(O)CCCN(C(=O)c2cnn3ccccc23)C1. The number of aromatic nitrogens is 2. The highest BCUT2D eigenvalue weighted by atomic mass is 16.3. The highest BCUT2D eigenvalue weighted by Gasteiger charge is 2.32. The van der Waals surface area contributed by atoms with Gasteiger partial charge in [-0.2, -0.15) is 5.10 Å². The van der Waals surface area contributed by atoms with Gasteiger partial charge in [0.2, 0.25) is 0 Å². The first-order valence-electron chi connectivity index (χ1n) is 6.51. The van der Waals surface area contributed by atoms with E-state index in [1.807, 2.05) is 24.4 Å². The summed E-state index contributed by atoms with van der Waals surface area (Å²) in [6.07, 6.45) is 4.99. The van der Waals surface area contributed by atoms with Gasteiger partial charge in [0.05, 0.1) is 22.9 Å². The first-order chi connectivity index (χ1) is 9.07. The van der Waals surface area contributed by atoms with Gasteiger partial charge < -0.3 is 10.0 Å². The highest BCUT2D eigenvalue weighted by molar-refractivity contribution is 6.00. The fraction of sp³-hybridized carbons (Fsp3) is 0.429. The highest BCUT2D eigenvalue weighted by Crippen LogP contribution is 2.23. The number of piperidine rings is 1. The number of hydrogen-bond donors (Lipinski definition) is 1. The number of hydrogen-bond acceptors (Lipinski definition) is 3. The molecule has 1 aliphatic heterocycles. The van der Waals surface area contributed by atoms with Crippen LogP contribution in [0, 0.1) is 0 Å². The van der Waals surface area contributed by atoms with Crippen LogP contribution in [0.4, 0.5) is 0 Å². The maximum atomic E-state index is 12.5. The van der Waals surface area contributed by atoms with Crippen LogP contribution in [0.1, 0.15) is 30.1 Å². The van der Waals surface area contributed by atoms with Crippen molar-refractivity contribution in [3.63, 3.8) is 0 Å². The lowest BCUT2D eigenvalue weighted by Crippen LogP contribution is -2.48. The molecule has 5 heteroatoms. The summed E-state index contributed by atoms with van der Waals surface area (Å²) in [5, 5.41) is 14.3. The maximum Gasteiger partial charge on any atom is 0.257 e. The van der Waals surface area contributed by atoms with E-state index in [9.17, 15) is 9.90 Å². The second kappa shape index (κ2) is 4.35. The van der Waals surface area contributed by atoms with Gasteiger partial charge in [0.15, 0.2) is 0 Å². The van der Waals surface area contributed by atoms with Crippen LogP contribution in [-0.2, 0) is 0 Å². The zero-order valence-electron chi connectivity index (χ0n) is 10.9. The molecule has 1 N–H and O–H groups in total. The van der Waals surface area contributed by atoms with Crippen molar-refractivity contribution in [3.8, 4) is 0 Å². The smallest absolute Gasteiger partial charge is 0.257 e. The van der Waals surface area contributed by atoms with E-state index in [2.05, 4.69) is 5.10 Å². The van der Waals surface area contributed by atoms with Crippen LogP contribution in [0.3, 0.4) is 0 Å². The fourth-order valence-electron chi connectivity index (χ4n) is 2.66. The third-order valence-corrected chi connectivity index (χ3v) is 3.62. The van der Waals surface area contributed by atoms with E-state index >= 15 is 0 Å². The van der Waals surface area contributed by atoms with Gasteiger partial charge in [-0.3, -0.25) is 4.79 Å². The van der Waals surface area contributed by atoms with Crippen LogP contribution in [0.25, 0.3) is 5.52 Å². The molecule has 1 amide bonds. The number of aliphatic hydroxyl groups is 1. The first-order valence-corrected chi connectivity index (χ1v) is 6.51. The monoisotopic (exact) mass is 259 g/mol. The van der Waals surface area contributed by atoms with Crippen molar-refractivity contribution in [3.05, 3.63) is 36.2 Å². The number of likely N-dealkylation sites (tertiary alicyclic amines) is 1. The Morgan fingerprint density at radius 1 is 1.47 bits per heavy atom. The van der Waals surface area contributed by atoms with E-state index in [4.69, 9.17) is 0 Å². The van der Waals surface area contributed by atoms with Crippen molar-refractivity contribution in [2.24, 2.45) is 0 Å². The van der Waals surface area contributed by atoms with Crippen LogP contribution in [0.5, 0.6) is 0 Å². The Bertz CT molecular complexity index is 618. The molecule has 0 saturated carbocycles. The molecule has 1 aliphatic rings. The molecular weight excluding hydrogens is 242 g/mol. The molecule has 1 atom stereocenters. The molecular formula is C14H17N3O2. The van der Waals surface area contributed by atoms with Gasteiger partial charge in [-0.05, 0) is 31.9 Å². The Balaban J connectivity index is 1.91. The Kier molecular flexibility index (Phi) is 2.78.